The molecule has 0 bridgehead atoms. The topological polar surface area (TPSA) is 89.7 Å². The van der Waals surface area contributed by atoms with Crippen LogP contribution in [0.5, 0.6) is 0 Å². The fourth-order valence-electron chi connectivity index (χ4n) is 6.17. The monoisotopic (exact) mass is 575 g/mol. The fraction of sp³-hybridized carbons (Fsp3) is 0.800. The van der Waals surface area contributed by atoms with Gasteiger partial charge in [0.2, 0.25) is 0 Å². The molecule has 0 amide bonds. The van der Waals surface area contributed by atoms with Crippen LogP contribution in [-0.2, 0) is 4.74 Å². The first-order valence-electron chi connectivity index (χ1n) is 16.7. The predicted molar refractivity (Wildman–Crippen MR) is 170 cm³/mol. The number of hydrogen-bond donors (Lipinski definition) is 1. The van der Waals surface area contributed by atoms with E-state index in [0.29, 0.717) is 23.3 Å². The summed E-state index contributed by atoms with van der Waals surface area (Å²) < 4.78 is 6.05. The molecule has 41 heavy (non-hydrogen) atoms. The van der Waals surface area contributed by atoms with Crippen LogP contribution < -0.4 is 0 Å². The van der Waals surface area contributed by atoms with E-state index >= 15 is 0 Å². The van der Waals surface area contributed by atoms with E-state index in [1.54, 1.807) is 0 Å². The highest BCUT2D eigenvalue weighted by molar-refractivity contribution is 5.89. The minimum Gasteiger partial charge on any atom is -0.459 e. The molecule has 0 spiro atoms. The molecule has 0 saturated carbocycles. The van der Waals surface area contributed by atoms with Crippen molar-refractivity contribution in [1.82, 2.24) is 0 Å². The molecule has 0 aromatic heterocycles. The second-order valence-corrected chi connectivity index (χ2v) is 13.0. The zero-order chi connectivity index (χ0) is 30.5. The summed E-state index contributed by atoms with van der Waals surface area (Å²) in [6.45, 7) is 11.3. The van der Waals surface area contributed by atoms with Crippen LogP contribution in [0.15, 0.2) is 24.3 Å². The number of unbranched alkanes of at least 4 members (excludes halogenated alkanes) is 12. The van der Waals surface area contributed by atoms with Crippen LogP contribution in [0.3, 0.4) is 0 Å². The standard InChI is InChI=1S/C35H61NO5/c1-6-7-8-9-10-11-12-13-14-15-16-17-18-19-34(31(5)26-29(3)24-28(2)25-30(4)27-37)41-35(38)32-20-22-33(23-21-32)36(39)40/h20-23,28-31,34,37H,6-19,24-27H2,1-5H3/t28-,29+,30-,31+,34+/m0/s1. The van der Waals surface area contributed by atoms with Gasteiger partial charge in [0.1, 0.15) is 6.10 Å². The molecular formula is C35H61NO5. The smallest absolute Gasteiger partial charge is 0.338 e. The van der Waals surface area contributed by atoms with Crippen molar-refractivity contribution in [3.05, 3.63) is 39.9 Å². The molecule has 1 N–H and O–H groups in total. The summed E-state index contributed by atoms with van der Waals surface area (Å²) in [6.07, 6.45) is 20.7. The Labute approximate surface area is 251 Å². The zero-order valence-electron chi connectivity index (χ0n) is 27.0. The number of carbonyl (C=O) groups excluding carboxylic acids is 1. The van der Waals surface area contributed by atoms with Crippen molar-refractivity contribution in [2.75, 3.05) is 6.61 Å². The average molecular weight is 576 g/mol. The van der Waals surface area contributed by atoms with Crippen LogP contribution in [0.2, 0.25) is 0 Å². The maximum Gasteiger partial charge on any atom is 0.338 e. The van der Waals surface area contributed by atoms with E-state index in [0.717, 1.165) is 38.5 Å². The molecule has 0 aliphatic carbocycles. The van der Waals surface area contributed by atoms with Gasteiger partial charge in [0.25, 0.3) is 5.69 Å². The number of nitrogens with zero attached hydrogens (tertiary/aromatic N) is 1. The summed E-state index contributed by atoms with van der Waals surface area (Å²) in [4.78, 5) is 23.5. The molecular weight excluding hydrogens is 514 g/mol. The van der Waals surface area contributed by atoms with Crippen LogP contribution >= 0.6 is 0 Å². The van der Waals surface area contributed by atoms with Crippen molar-refractivity contribution >= 4 is 11.7 Å². The third kappa shape index (κ3) is 17.6. The molecule has 0 heterocycles. The first kappa shape index (κ1) is 37.1. The second kappa shape index (κ2) is 22.6. The van der Waals surface area contributed by atoms with Crippen LogP contribution in [0, 0.1) is 33.8 Å². The molecule has 6 heteroatoms. The third-order valence-corrected chi connectivity index (χ3v) is 8.49. The number of nitro groups is 1. The Balaban J connectivity index is 2.54. The average Bonchev–Trinajstić information content (AvgIpc) is 2.94. The van der Waals surface area contributed by atoms with Gasteiger partial charge < -0.3 is 9.84 Å². The molecule has 5 atom stereocenters. The number of ether oxygens (including phenoxy) is 1. The highest BCUT2D eigenvalue weighted by atomic mass is 16.6. The number of aliphatic hydroxyl groups is 1. The maximum absolute atomic E-state index is 13.0. The molecule has 0 saturated heterocycles. The Kier molecular flexibility index (Phi) is 20.5. The first-order valence-corrected chi connectivity index (χ1v) is 16.7. The Morgan fingerprint density at radius 1 is 0.756 bits per heavy atom. The number of hydrogen-bond acceptors (Lipinski definition) is 5. The van der Waals surface area contributed by atoms with E-state index in [1.165, 1.54) is 94.9 Å². The molecule has 1 aromatic rings. The number of nitro benzene ring substituents is 1. The van der Waals surface area contributed by atoms with E-state index in [-0.39, 0.29) is 24.3 Å². The van der Waals surface area contributed by atoms with Crippen LogP contribution in [0.4, 0.5) is 5.69 Å². The van der Waals surface area contributed by atoms with Crippen molar-refractivity contribution in [2.45, 2.75) is 150 Å². The summed E-state index contributed by atoms with van der Waals surface area (Å²) in [6, 6.07) is 5.69. The van der Waals surface area contributed by atoms with Crippen LogP contribution in [-0.4, -0.2) is 28.7 Å². The molecule has 0 fully saturated rings. The highest BCUT2D eigenvalue weighted by Gasteiger charge is 2.25. The minimum absolute atomic E-state index is 0.0306. The number of rotatable bonds is 25. The number of esters is 1. The Morgan fingerprint density at radius 2 is 1.22 bits per heavy atom. The lowest BCUT2D eigenvalue weighted by atomic mass is 9.83. The van der Waals surface area contributed by atoms with E-state index in [4.69, 9.17) is 4.74 Å². The predicted octanol–water partition coefficient (Wildman–Crippen LogP) is 10.3. The first-order chi connectivity index (χ1) is 19.7. The molecule has 0 aliphatic heterocycles. The number of non-ortho nitro benzene ring substituents is 1. The molecule has 1 aromatic carbocycles. The molecule has 6 nitrogen and oxygen atoms in total. The van der Waals surface area contributed by atoms with Gasteiger partial charge >= 0.3 is 5.97 Å². The van der Waals surface area contributed by atoms with Gasteiger partial charge in [0.15, 0.2) is 0 Å². The number of aliphatic hydroxyl groups excluding tert-OH is 1. The van der Waals surface area contributed by atoms with Gasteiger partial charge in [-0.1, -0.05) is 112 Å². The van der Waals surface area contributed by atoms with Gasteiger partial charge in [-0.3, -0.25) is 10.1 Å². The van der Waals surface area contributed by atoms with Crippen LogP contribution in [0.25, 0.3) is 0 Å². The largest absolute Gasteiger partial charge is 0.459 e. The van der Waals surface area contributed by atoms with Crippen molar-refractivity contribution < 1.29 is 19.6 Å². The fourth-order valence-corrected chi connectivity index (χ4v) is 6.17. The van der Waals surface area contributed by atoms with Crippen molar-refractivity contribution in [3.8, 4) is 0 Å². The van der Waals surface area contributed by atoms with Gasteiger partial charge in [-0.25, -0.2) is 4.79 Å². The lowest BCUT2D eigenvalue weighted by Crippen LogP contribution is -2.27. The molecule has 0 aliphatic rings. The van der Waals surface area contributed by atoms with Gasteiger partial charge in [-0.15, -0.1) is 0 Å². The lowest BCUT2D eigenvalue weighted by molar-refractivity contribution is -0.384. The van der Waals surface area contributed by atoms with E-state index in [2.05, 4.69) is 34.6 Å². The van der Waals surface area contributed by atoms with Crippen LogP contribution in [0.1, 0.15) is 154 Å². The molecule has 236 valence electrons. The Hall–Kier alpha value is -1.95. The van der Waals surface area contributed by atoms with Crippen molar-refractivity contribution in [2.24, 2.45) is 23.7 Å². The summed E-state index contributed by atoms with van der Waals surface area (Å²) in [5.74, 6) is 1.19. The summed E-state index contributed by atoms with van der Waals surface area (Å²) in [7, 11) is 0. The number of carbonyl (C=O) groups is 1. The minimum atomic E-state index is -0.460. The molecule has 0 unspecified atom stereocenters. The van der Waals surface area contributed by atoms with Gasteiger partial charge in [-0.2, -0.15) is 0 Å². The van der Waals surface area contributed by atoms with Crippen molar-refractivity contribution in [3.63, 3.8) is 0 Å². The summed E-state index contributed by atoms with van der Waals surface area (Å²) >= 11 is 0. The quantitative estimate of drug-likeness (QED) is 0.0542. The normalized spacial score (nSPS) is 15.2. The molecule has 0 radical (unpaired) electrons. The highest BCUT2D eigenvalue weighted by Crippen LogP contribution is 2.29. The number of benzene rings is 1. The van der Waals surface area contributed by atoms with Crippen molar-refractivity contribution in [1.29, 1.82) is 0 Å². The second-order valence-electron chi connectivity index (χ2n) is 13.0. The Morgan fingerprint density at radius 3 is 1.71 bits per heavy atom. The summed E-state index contributed by atoms with van der Waals surface area (Å²) in [5, 5.41) is 20.4. The molecule has 1 rings (SSSR count). The summed E-state index contributed by atoms with van der Waals surface area (Å²) in [5.41, 5.74) is 0.328. The van der Waals surface area contributed by atoms with E-state index < -0.39 is 10.9 Å². The SMILES string of the molecule is CCCCCCCCCCCCCCC[C@@H](OC(=O)c1ccc([N+](=O)[O-])cc1)[C@H](C)C[C@H](C)C[C@H](C)C[C@H](C)CO. The maximum atomic E-state index is 13.0. The third-order valence-electron chi connectivity index (χ3n) is 8.49. The van der Waals surface area contributed by atoms with E-state index in [9.17, 15) is 20.0 Å². The van der Waals surface area contributed by atoms with Gasteiger partial charge in [-0.05, 0) is 67.9 Å². The lowest BCUT2D eigenvalue weighted by Gasteiger charge is -2.28. The Bertz CT molecular complexity index is 811. The van der Waals surface area contributed by atoms with E-state index in [1.807, 2.05) is 0 Å². The zero-order valence-corrected chi connectivity index (χ0v) is 27.0. The van der Waals surface area contributed by atoms with Gasteiger partial charge in [0.05, 0.1) is 10.5 Å². The van der Waals surface area contributed by atoms with Gasteiger partial charge in [0, 0.05) is 18.7 Å².